The van der Waals surface area contributed by atoms with E-state index in [-0.39, 0.29) is 11.8 Å². The summed E-state index contributed by atoms with van der Waals surface area (Å²) in [4.78, 5) is 12.6. The number of rotatable bonds is 4. The fourth-order valence-corrected chi connectivity index (χ4v) is 3.50. The molecule has 0 radical (unpaired) electrons. The summed E-state index contributed by atoms with van der Waals surface area (Å²) in [6.45, 7) is 4.41. The van der Waals surface area contributed by atoms with Crippen LogP contribution in [-0.2, 0) is 4.79 Å². The summed E-state index contributed by atoms with van der Waals surface area (Å²) in [5.41, 5.74) is 3.52. The fourth-order valence-electron chi connectivity index (χ4n) is 3.50. The molecule has 0 aliphatic heterocycles. The molecular formula is C23H23NO. The Morgan fingerprint density at radius 3 is 2.56 bits per heavy atom. The number of nitrogens with one attached hydrogen (secondary N) is 1. The lowest BCUT2D eigenvalue weighted by Crippen LogP contribution is -2.14. The molecule has 0 heterocycles. The van der Waals surface area contributed by atoms with Crippen molar-refractivity contribution in [2.75, 3.05) is 5.32 Å². The van der Waals surface area contributed by atoms with E-state index in [2.05, 4.69) is 61.6 Å². The van der Waals surface area contributed by atoms with Crippen molar-refractivity contribution in [3.8, 4) is 0 Å². The van der Waals surface area contributed by atoms with E-state index in [1.807, 2.05) is 24.3 Å². The maximum Gasteiger partial charge on any atom is 0.228 e. The summed E-state index contributed by atoms with van der Waals surface area (Å²) < 4.78 is 0. The van der Waals surface area contributed by atoms with Crippen LogP contribution in [0.5, 0.6) is 0 Å². The molecule has 4 rings (SSSR count). The molecule has 25 heavy (non-hydrogen) atoms. The lowest BCUT2D eigenvalue weighted by atomic mass is 9.98. The molecule has 0 unspecified atom stereocenters. The molecule has 0 bridgehead atoms. The van der Waals surface area contributed by atoms with Gasteiger partial charge in [-0.15, -0.1) is 0 Å². The van der Waals surface area contributed by atoms with Gasteiger partial charge < -0.3 is 5.32 Å². The average Bonchev–Trinajstić information content (AvgIpc) is 3.43. The number of fused-ring (bicyclic) bond motifs is 1. The predicted molar refractivity (Wildman–Crippen MR) is 104 cm³/mol. The van der Waals surface area contributed by atoms with Crippen LogP contribution in [0.2, 0.25) is 0 Å². The highest BCUT2D eigenvalue weighted by Crippen LogP contribution is 2.48. The van der Waals surface area contributed by atoms with Gasteiger partial charge in [0.25, 0.3) is 0 Å². The average molecular weight is 329 g/mol. The molecule has 3 aromatic rings. The van der Waals surface area contributed by atoms with Crippen molar-refractivity contribution in [1.29, 1.82) is 0 Å². The smallest absolute Gasteiger partial charge is 0.228 e. The topological polar surface area (TPSA) is 29.1 Å². The van der Waals surface area contributed by atoms with Gasteiger partial charge in [-0.25, -0.2) is 0 Å². The van der Waals surface area contributed by atoms with Crippen molar-refractivity contribution in [2.45, 2.75) is 32.1 Å². The van der Waals surface area contributed by atoms with E-state index in [0.717, 1.165) is 17.5 Å². The van der Waals surface area contributed by atoms with E-state index in [1.165, 1.54) is 16.5 Å². The quantitative estimate of drug-likeness (QED) is 0.653. The maximum atomic E-state index is 12.6. The first-order valence-electron chi connectivity index (χ1n) is 9.01. The number of amides is 1. The molecule has 2 atom stereocenters. The molecular weight excluding hydrogens is 306 g/mol. The second-order valence-corrected chi connectivity index (χ2v) is 7.32. The summed E-state index contributed by atoms with van der Waals surface area (Å²) in [5.74, 6) is 1.10. The van der Waals surface area contributed by atoms with Gasteiger partial charge in [0, 0.05) is 11.6 Å². The highest BCUT2D eigenvalue weighted by atomic mass is 16.2. The molecule has 0 spiro atoms. The van der Waals surface area contributed by atoms with Crippen LogP contribution >= 0.6 is 0 Å². The molecule has 126 valence electrons. The van der Waals surface area contributed by atoms with Gasteiger partial charge in [0.2, 0.25) is 5.91 Å². The molecule has 1 aliphatic rings. The summed E-state index contributed by atoms with van der Waals surface area (Å²) in [6, 6.07) is 23.0. The van der Waals surface area contributed by atoms with Crippen LogP contribution in [0.15, 0.2) is 66.7 Å². The van der Waals surface area contributed by atoms with E-state index in [4.69, 9.17) is 0 Å². The Balaban J connectivity index is 1.46. The van der Waals surface area contributed by atoms with Gasteiger partial charge in [-0.1, -0.05) is 68.4 Å². The van der Waals surface area contributed by atoms with Crippen molar-refractivity contribution in [1.82, 2.24) is 0 Å². The van der Waals surface area contributed by atoms with Gasteiger partial charge in [-0.3, -0.25) is 4.79 Å². The SMILES string of the molecule is CC(C)c1cccc([C@@H]2C[C@H]2C(=O)Nc2ccc3ccccc3c2)c1. The summed E-state index contributed by atoms with van der Waals surface area (Å²) >= 11 is 0. The maximum absolute atomic E-state index is 12.6. The minimum Gasteiger partial charge on any atom is -0.326 e. The first kappa shape index (κ1) is 15.9. The lowest BCUT2D eigenvalue weighted by molar-refractivity contribution is -0.117. The van der Waals surface area contributed by atoms with E-state index in [0.29, 0.717) is 11.8 Å². The zero-order valence-corrected chi connectivity index (χ0v) is 14.7. The predicted octanol–water partition coefficient (Wildman–Crippen LogP) is 5.71. The fraction of sp³-hybridized carbons (Fsp3) is 0.261. The van der Waals surface area contributed by atoms with Gasteiger partial charge >= 0.3 is 0 Å². The zero-order chi connectivity index (χ0) is 17.4. The van der Waals surface area contributed by atoms with Gasteiger partial charge in [-0.05, 0) is 52.3 Å². The minimum atomic E-state index is 0.0916. The van der Waals surface area contributed by atoms with Crippen LogP contribution in [0.25, 0.3) is 10.8 Å². The second kappa shape index (κ2) is 6.36. The van der Waals surface area contributed by atoms with Gasteiger partial charge in [0.05, 0.1) is 0 Å². The Bertz CT molecular complexity index is 928. The third kappa shape index (κ3) is 3.30. The molecule has 3 aromatic carbocycles. The molecule has 1 saturated carbocycles. The van der Waals surface area contributed by atoms with Gasteiger partial charge in [0.1, 0.15) is 0 Å². The van der Waals surface area contributed by atoms with Crippen LogP contribution in [0.4, 0.5) is 5.69 Å². The molecule has 2 heteroatoms. The highest BCUT2D eigenvalue weighted by Gasteiger charge is 2.44. The summed E-state index contributed by atoms with van der Waals surface area (Å²) in [6.07, 6.45) is 0.945. The zero-order valence-electron chi connectivity index (χ0n) is 14.7. The Morgan fingerprint density at radius 2 is 1.76 bits per heavy atom. The minimum absolute atomic E-state index is 0.0916. The van der Waals surface area contributed by atoms with Crippen molar-refractivity contribution >= 4 is 22.4 Å². The first-order valence-corrected chi connectivity index (χ1v) is 9.01. The van der Waals surface area contributed by atoms with Crippen LogP contribution in [0.1, 0.15) is 43.2 Å². The Kier molecular flexibility index (Phi) is 4.04. The van der Waals surface area contributed by atoms with Crippen LogP contribution in [-0.4, -0.2) is 5.91 Å². The van der Waals surface area contributed by atoms with E-state index in [9.17, 15) is 4.79 Å². The summed E-state index contributed by atoms with van der Waals surface area (Å²) in [5, 5.41) is 5.43. The number of benzene rings is 3. The number of anilines is 1. The van der Waals surface area contributed by atoms with Gasteiger partial charge in [-0.2, -0.15) is 0 Å². The molecule has 2 nitrogen and oxygen atoms in total. The second-order valence-electron chi connectivity index (χ2n) is 7.32. The largest absolute Gasteiger partial charge is 0.326 e. The Hall–Kier alpha value is -2.61. The van der Waals surface area contributed by atoms with Crippen LogP contribution in [0.3, 0.4) is 0 Å². The highest BCUT2D eigenvalue weighted by molar-refractivity contribution is 5.97. The lowest BCUT2D eigenvalue weighted by Gasteiger charge is -2.09. The molecule has 0 saturated heterocycles. The van der Waals surface area contributed by atoms with E-state index < -0.39 is 0 Å². The van der Waals surface area contributed by atoms with Crippen LogP contribution < -0.4 is 5.32 Å². The molecule has 1 fully saturated rings. The normalized spacial score (nSPS) is 19.2. The number of carbonyl (C=O) groups is 1. The third-order valence-corrected chi connectivity index (χ3v) is 5.15. The number of hydrogen-bond donors (Lipinski definition) is 1. The molecule has 1 amide bonds. The van der Waals surface area contributed by atoms with Gasteiger partial charge in [0.15, 0.2) is 0 Å². The molecule has 1 aliphatic carbocycles. The van der Waals surface area contributed by atoms with Crippen molar-refractivity contribution < 1.29 is 4.79 Å². The molecule has 1 N–H and O–H groups in total. The van der Waals surface area contributed by atoms with Crippen LogP contribution in [0, 0.1) is 5.92 Å². The third-order valence-electron chi connectivity index (χ3n) is 5.15. The van der Waals surface area contributed by atoms with Crippen molar-refractivity contribution in [3.63, 3.8) is 0 Å². The molecule has 0 aromatic heterocycles. The van der Waals surface area contributed by atoms with E-state index in [1.54, 1.807) is 0 Å². The number of carbonyl (C=O) groups excluding carboxylic acids is 1. The number of hydrogen-bond acceptors (Lipinski definition) is 1. The first-order chi connectivity index (χ1) is 12.1. The van der Waals surface area contributed by atoms with Crippen molar-refractivity contribution in [2.24, 2.45) is 5.92 Å². The van der Waals surface area contributed by atoms with E-state index >= 15 is 0 Å². The standard InChI is InChI=1S/C23H23NO/c1-15(2)17-8-5-9-19(12-17)21-14-22(21)23(25)24-20-11-10-16-6-3-4-7-18(16)13-20/h3-13,15,21-22H,14H2,1-2H3,(H,24,25)/t21-,22+/m0/s1. The van der Waals surface area contributed by atoms with Crippen molar-refractivity contribution in [3.05, 3.63) is 77.9 Å². The Labute approximate surface area is 148 Å². The summed E-state index contributed by atoms with van der Waals surface area (Å²) in [7, 11) is 0. The monoisotopic (exact) mass is 329 g/mol. The Morgan fingerprint density at radius 1 is 0.960 bits per heavy atom.